The van der Waals surface area contributed by atoms with Crippen molar-refractivity contribution in [3.05, 3.63) is 71.8 Å². The van der Waals surface area contributed by atoms with Gasteiger partial charge in [0.25, 0.3) is 0 Å². The molecule has 0 radical (unpaired) electrons. The molecule has 32 heavy (non-hydrogen) atoms. The largest absolute Gasteiger partial charge is 0.343 e. The lowest BCUT2D eigenvalue weighted by Gasteiger charge is -2.31. The van der Waals surface area contributed by atoms with Crippen LogP contribution in [0.5, 0.6) is 0 Å². The molecule has 1 aromatic carbocycles. The van der Waals surface area contributed by atoms with E-state index in [0.29, 0.717) is 38.8 Å². The summed E-state index contributed by atoms with van der Waals surface area (Å²) in [5.74, 6) is 0.0734. The average molecular weight is 432 g/mol. The number of pyridine rings is 1. The van der Waals surface area contributed by atoms with Crippen molar-refractivity contribution in [2.24, 2.45) is 5.92 Å². The van der Waals surface area contributed by atoms with Crippen LogP contribution in [0.4, 0.5) is 5.69 Å². The molecule has 1 aliphatic rings. The molecule has 7 heteroatoms. The number of piperidine rings is 1. The van der Waals surface area contributed by atoms with Crippen LogP contribution >= 0.6 is 0 Å². The first kappa shape index (κ1) is 21.7. The third kappa shape index (κ3) is 5.22. The van der Waals surface area contributed by atoms with Gasteiger partial charge in [-0.2, -0.15) is 5.10 Å². The van der Waals surface area contributed by atoms with Crippen LogP contribution in [0.25, 0.3) is 5.69 Å². The first-order valence-corrected chi connectivity index (χ1v) is 11.1. The van der Waals surface area contributed by atoms with Gasteiger partial charge in [0, 0.05) is 48.7 Å². The van der Waals surface area contributed by atoms with Gasteiger partial charge in [-0.1, -0.05) is 6.07 Å². The number of likely N-dealkylation sites (tertiary alicyclic amines) is 1. The number of nitrogens with zero attached hydrogens (tertiary/aromatic N) is 4. The third-order valence-corrected chi connectivity index (χ3v) is 5.93. The average Bonchev–Trinajstić information content (AvgIpc) is 3.16. The summed E-state index contributed by atoms with van der Waals surface area (Å²) in [6, 6.07) is 15.5. The standard InChI is InChI=1S/C25H29N5O2/c1-18-17-19(2)30(28-18)23-9-6-22(7-10-23)27-25(32)20-12-15-29(16-13-20)24(31)11-8-21-5-3-4-14-26-21/h3-7,9-10,14,17,20H,8,11-13,15-16H2,1-2H3,(H,27,32). The number of benzene rings is 1. The molecule has 0 spiro atoms. The molecule has 1 aliphatic heterocycles. The van der Waals surface area contributed by atoms with E-state index < -0.39 is 0 Å². The lowest BCUT2D eigenvalue weighted by molar-refractivity contribution is -0.134. The highest BCUT2D eigenvalue weighted by molar-refractivity contribution is 5.92. The monoisotopic (exact) mass is 431 g/mol. The fraction of sp³-hybridized carbons (Fsp3) is 0.360. The highest BCUT2D eigenvalue weighted by atomic mass is 16.2. The molecule has 0 saturated carbocycles. The number of nitrogens with one attached hydrogen (secondary N) is 1. The van der Waals surface area contributed by atoms with Crippen molar-refractivity contribution in [3.63, 3.8) is 0 Å². The molecule has 166 valence electrons. The summed E-state index contributed by atoms with van der Waals surface area (Å²) in [5.41, 5.74) is 4.71. The maximum Gasteiger partial charge on any atom is 0.227 e. The van der Waals surface area contributed by atoms with Gasteiger partial charge >= 0.3 is 0 Å². The predicted molar refractivity (Wildman–Crippen MR) is 124 cm³/mol. The summed E-state index contributed by atoms with van der Waals surface area (Å²) in [5, 5.41) is 7.51. The molecule has 3 aromatic rings. The molecule has 7 nitrogen and oxygen atoms in total. The number of amides is 2. The van der Waals surface area contributed by atoms with Gasteiger partial charge in [-0.25, -0.2) is 4.68 Å². The number of carbonyl (C=O) groups excluding carboxylic acids is 2. The van der Waals surface area contributed by atoms with Gasteiger partial charge < -0.3 is 10.2 Å². The van der Waals surface area contributed by atoms with Crippen molar-refractivity contribution in [1.82, 2.24) is 19.7 Å². The summed E-state index contributed by atoms with van der Waals surface area (Å²) >= 11 is 0. The second-order valence-corrected chi connectivity index (χ2v) is 8.35. The second-order valence-electron chi connectivity index (χ2n) is 8.35. The van der Waals surface area contributed by atoms with E-state index in [1.54, 1.807) is 6.20 Å². The van der Waals surface area contributed by atoms with Crippen LogP contribution in [-0.2, 0) is 16.0 Å². The van der Waals surface area contributed by atoms with Crippen molar-refractivity contribution in [2.75, 3.05) is 18.4 Å². The van der Waals surface area contributed by atoms with Crippen LogP contribution in [0, 0.1) is 19.8 Å². The summed E-state index contributed by atoms with van der Waals surface area (Å²) in [6.45, 7) is 5.23. The van der Waals surface area contributed by atoms with E-state index in [-0.39, 0.29) is 17.7 Å². The maximum absolute atomic E-state index is 12.7. The molecule has 1 saturated heterocycles. The van der Waals surface area contributed by atoms with Crippen LogP contribution in [0.1, 0.15) is 36.3 Å². The summed E-state index contributed by atoms with van der Waals surface area (Å²) in [4.78, 5) is 31.4. The Labute approximate surface area is 188 Å². The minimum atomic E-state index is -0.0782. The lowest BCUT2D eigenvalue weighted by Crippen LogP contribution is -2.41. The number of carbonyl (C=O) groups is 2. The summed E-state index contributed by atoms with van der Waals surface area (Å²) < 4.78 is 1.89. The lowest BCUT2D eigenvalue weighted by atomic mass is 9.95. The number of anilines is 1. The van der Waals surface area contributed by atoms with Crippen LogP contribution in [0.3, 0.4) is 0 Å². The van der Waals surface area contributed by atoms with Crippen LogP contribution in [0.2, 0.25) is 0 Å². The molecular formula is C25H29N5O2. The van der Waals surface area contributed by atoms with Gasteiger partial charge in [-0.3, -0.25) is 14.6 Å². The fourth-order valence-corrected chi connectivity index (χ4v) is 4.15. The highest BCUT2D eigenvalue weighted by Crippen LogP contribution is 2.21. The molecule has 4 rings (SSSR count). The van der Waals surface area contributed by atoms with Crippen molar-refractivity contribution in [2.45, 2.75) is 39.5 Å². The van der Waals surface area contributed by atoms with Crippen LogP contribution in [-0.4, -0.2) is 44.6 Å². The van der Waals surface area contributed by atoms with Crippen molar-refractivity contribution in [3.8, 4) is 5.69 Å². The smallest absolute Gasteiger partial charge is 0.227 e. The van der Waals surface area contributed by atoms with E-state index in [0.717, 1.165) is 28.5 Å². The topological polar surface area (TPSA) is 80.1 Å². The zero-order valence-electron chi connectivity index (χ0n) is 18.6. The van der Waals surface area contributed by atoms with Gasteiger partial charge in [0.2, 0.25) is 11.8 Å². The molecule has 0 bridgehead atoms. The number of aromatic nitrogens is 3. The molecule has 0 aliphatic carbocycles. The minimum Gasteiger partial charge on any atom is -0.343 e. The number of hydrogen-bond acceptors (Lipinski definition) is 4. The predicted octanol–water partition coefficient (Wildman–Crippen LogP) is 3.69. The maximum atomic E-state index is 12.7. The van der Waals surface area contributed by atoms with E-state index in [9.17, 15) is 9.59 Å². The molecule has 2 amide bonds. The minimum absolute atomic E-state index is 0.0180. The SMILES string of the molecule is Cc1cc(C)n(-c2ccc(NC(=O)C3CCN(C(=O)CCc4ccccn4)CC3)cc2)n1. The highest BCUT2D eigenvalue weighted by Gasteiger charge is 2.27. The zero-order valence-corrected chi connectivity index (χ0v) is 18.6. The molecule has 2 aromatic heterocycles. The van der Waals surface area contributed by atoms with E-state index in [2.05, 4.69) is 15.4 Å². The number of aryl methyl sites for hydroxylation is 3. The van der Waals surface area contributed by atoms with Gasteiger partial charge in [-0.05, 0) is 75.6 Å². The van der Waals surface area contributed by atoms with Crippen molar-refractivity contribution >= 4 is 17.5 Å². The Hall–Kier alpha value is -3.48. The normalized spacial score (nSPS) is 14.4. The Kier molecular flexibility index (Phi) is 6.63. The Morgan fingerprint density at radius 1 is 1.06 bits per heavy atom. The Morgan fingerprint density at radius 2 is 1.81 bits per heavy atom. The summed E-state index contributed by atoms with van der Waals surface area (Å²) in [7, 11) is 0. The molecule has 1 N–H and O–H groups in total. The summed E-state index contributed by atoms with van der Waals surface area (Å²) in [6.07, 6.45) is 4.22. The van der Waals surface area contributed by atoms with E-state index >= 15 is 0 Å². The quantitative estimate of drug-likeness (QED) is 0.645. The second kappa shape index (κ2) is 9.77. The number of hydrogen-bond donors (Lipinski definition) is 1. The number of rotatable bonds is 6. The molecule has 3 heterocycles. The van der Waals surface area contributed by atoms with Gasteiger partial charge in [0.05, 0.1) is 11.4 Å². The van der Waals surface area contributed by atoms with Gasteiger partial charge in [-0.15, -0.1) is 0 Å². The van der Waals surface area contributed by atoms with E-state index in [1.807, 2.05) is 72.0 Å². The van der Waals surface area contributed by atoms with E-state index in [1.165, 1.54) is 0 Å². The third-order valence-electron chi connectivity index (χ3n) is 5.93. The Balaban J connectivity index is 1.25. The van der Waals surface area contributed by atoms with Crippen LogP contribution < -0.4 is 5.32 Å². The zero-order chi connectivity index (χ0) is 22.5. The van der Waals surface area contributed by atoms with Crippen LogP contribution in [0.15, 0.2) is 54.7 Å². The molecule has 0 unspecified atom stereocenters. The first-order chi connectivity index (χ1) is 15.5. The fourth-order valence-electron chi connectivity index (χ4n) is 4.15. The van der Waals surface area contributed by atoms with Gasteiger partial charge in [0.15, 0.2) is 0 Å². The molecule has 1 fully saturated rings. The van der Waals surface area contributed by atoms with Crippen molar-refractivity contribution < 1.29 is 9.59 Å². The first-order valence-electron chi connectivity index (χ1n) is 11.1. The van der Waals surface area contributed by atoms with Crippen molar-refractivity contribution in [1.29, 1.82) is 0 Å². The Morgan fingerprint density at radius 3 is 2.44 bits per heavy atom. The molecule has 0 atom stereocenters. The van der Waals surface area contributed by atoms with E-state index in [4.69, 9.17) is 0 Å². The van der Waals surface area contributed by atoms with Gasteiger partial charge in [0.1, 0.15) is 0 Å². The Bertz CT molecular complexity index is 1070. The molecular weight excluding hydrogens is 402 g/mol.